The molecule has 2 N–H and O–H groups in total. The number of urea groups is 1. The van der Waals surface area contributed by atoms with Crippen LogP contribution < -0.4 is 10.6 Å². The summed E-state index contributed by atoms with van der Waals surface area (Å²) in [6.45, 7) is 0. The lowest BCUT2D eigenvalue weighted by atomic mass is 9.93. The molecule has 0 unspecified atom stereocenters. The number of benzene rings is 3. The highest BCUT2D eigenvalue weighted by atomic mass is 79.9. The van der Waals surface area contributed by atoms with Gasteiger partial charge in [0.25, 0.3) is 0 Å². The third-order valence-corrected chi connectivity index (χ3v) is 6.46. The van der Waals surface area contributed by atoms with Gasteiger partial charge in [0.05, 0.1) is 22.0 Å². The molecule has 0 aliphatic carbocycles. The summed E-state index contributed by atoms with van der Waals surface area (Å²) < 4.78 is 2.11. The van der Waals surface area contributed by atoms with Crippen LogP contribution in [0.5, 0.6) is 0 Å². The van der Waals surface area contributed by atoms with E-state index in [2.05, 4.69) is 32.6 Å². The van der Waals surface area contributed by atoms with Gasteiger partial charge in [0, 0.05) is 10.0 Å². The van der Waals surface area contributed by atoms with Gasteiger partial charge in [-0.25, -0.2) is 9.78 Å². The normalized spacial score (nSPS) is 16.6. The van der Waals surface area contributed by atoms with Crippen LogP contribution in [0, 0.1) is 0 Å². The van der Waals surface area contributed by atoms with Crippen molar-refractivity contribution in [3.8, 4) is 0 Å². The molecular weight excluding hydrogens is 446 g/mol. The zero-order valence-corrected chi connectivity index (χ0v) is 17.6. The maximum Gasteiger partial charge on any atom is 0.320 e. The molecular formula is C23H16BrN3OS. The second-order valence-electron chi connectivity index (χ2n) is 6.72. The first kappa shape index (κ1) is 18.1. The van der Waals surface area contributed by atoms with E-state index in [1.807, 2.05) is 72.8 Å². The highest BCUT2D eigenvalue weighted by molar-refractivity contribution is 9.10. The molecule has 1 atom stereocenters. The van der Waals surface area contributed by atoms with Gasteiger partial charge in [-0.3, -0.25) is 0 Å². The van der Waals surface area contributed by atoms with E-state index < -0.39 is 0 Å². The Balaban J connectivity index is 1.76. The number of hydrogen-bond acceptors (Lipinski definition) is 3. The van der Waals surface area contributed by atoms with Gasteiger partial charge < -0.3 is 10.6 Å². The van der Waals surface area contributed by atoms with Crippen LogP contribution in [0.1, 0.15) is 22.2 Å². The Bertz CT molecular complexity index is 1200. The molecule has 2 amide bonds. The predicted molar refractivity (Wildman–Crippen MR) is 121 cm³/mol. The third-order valence-electron chi connectivity index (χ3n) is 4.86. The molecule has 3 aromatic carbocycles. The second kappa shape index (κ2) is 7.46. The van der Waals surface area contributed by atoms with E-state index in [1.54, 1.807) is 11.3 Å². The topological polar surface area (TPSA) is 54.0 Å². The van der Waals surface area contributed by atoms with E-state index >= 15 is 0 Å². The van der Waals surface area contributed by atoms with Crippen molar-refractivity contribution in [3.63, 3.8) is 0 Å². The second-order valence-corrected chi connectivity index (χ2v) is 8.67. The van der Waals surface area contributed by atoms with Gasteiger partial charge in [-0.15, -0.1) is 11.3 Å². The van der Waals surface area contributed by atoms with Crippen LogP contribution in [-0.4, -0.2) is 11.0 Å². The van der Waals surface area contributed by atoms with Crippen LogP contribution >= 0.6 is 27.3 Å². The van der Waals surface area contributed by atoms with Crippen molar-refractivity contribution >= 4 is 54.8 Å². The summed E-state index contributed by atoms with van der Waals surface area (Å²) in [7, 11) is 0. The van der Waals surface area contributed by atoms with Gasteiger partial charge in [0.2, 0.25) is 0 Å². The summed E-state index contributed by atoms with van der Waals surface area (Å²) in [6.07, 6.45) is 0. The fraction of sp³-hybridized carbons (Fsp3) is 0.0435. The fourth-order valence-corrected chi connectivity index (χ4v) is 4.83. The monoisotopic (exact) mass is 461 g/mol. The molecule has 6 heteroatoms. The molecule has 4 aromatic rings. The van der Waals surface area contributed by atoms with Crippen molar-refractivity contribution in [2.24, 2.45) is 0 Å². The minimum absolute atomic E-state index is 0.221. The van der Waals surface area contributed by atoms with E-state index in [-0.39, 0.29) is 12.1 Å². The van der Waals surface area contributed by atoms with Crippen LogP contribution in [0.2, 0.25) is 0 Å². The Morgan fingerprint density at radius 1 is 0.897 bits per heavy atom. The number of halogens is 1. The molecule has 2 heterocycles. The van der Waals surface area contributed by atoms with Crippen molar-refractivity contribution in [3.05, 3.63) is 99.5 Å². The van der Waals surface area contributed by atoms with Gasteiger partial charge in [-0.1, -0.05) is 70.5 Å². The lowest BCUT2D eigenvalue weighted by molar-refractivity contribution is 0.242. The summed E-state index contributed by atoms with van der Waals surface area (Å²) in [5.41, 5.74) is 4.68. The summed E-state index contributed by atoms with van der Waals surface area (Å²) in [5, 5.41) is 7.01. The highest BCUT2D eigenvalue weighted by Crippen LogP contribution is 2.40. The summed E-state index contributed by atoms with van der Waals surface area (Å²) in [5.74, 6) is 0. The number of carbonyl (C=O) groups excluding carboxylic acids is 1. The van der Waals surface area contributed by atoms with Crippen molar-refractivity contribution in [2.45, 2.75) is 6.04 Å². The molecule has 0 saturated carbocycles. The third kappa shape index (κ3) is 3.45. The smallest absolute Gasteiger partial charge is 0.320 e. The maximum atomic E-state index is 12.6. The quantitative estimate of drug-likeness (QED) is 0.394. The SMILES string of the molecule is O=C1NC(c2ccccc2)=C(c2nc3ccccc3s2)[C@H](c2ccc(Br)cc2)N1. The van der Waals surface area contributed by atoms with Crippen molar-refractivity contribution in [1.82, 2.24) is 15.6 Å². The zero-order chi connectivity index (χ0) is 19.8. The van der Waals surface area contributed by atoms with E-state index in [0.29, 0.717) is 0 Å². The fourth-order valence-electron chi connectivity index (χ4n) is 3.52. The Morgan fingerprint density at radius 3 is 2.38 bits per heavy atom. The number of thiazole rings is 1. The van der Waals surface area contributed by atoms with E-state index in [0.717, 1.165) is 42.1 Å². The highest BCUT2D eigenvalue weighted by Gasteiger charge is 2.31. The van der Waals surface area contributed by atoms with Crippen LogP contribution in [0.15, 0.2) is 83.3 Å². The number of carbonyl (C=O) groups is 1. The number of rotatable bonds is 3. The molecule has 142 valence electrons. The van der Waals surface area contributed by atoms with Gasteiger partial charge >= 0.3 is 6.03 Å². The first-order valence-corrected chi connectivity index (χ1v) is 10.8. The largest absolute Gasteiger partial charge is 0.327 e. The molecule has 29 heavy (non-hydrogen) atoms. The molecule has 0 saturated heterocycles. The molecule has 5 rings (SSSR count). The molecule has 4 nitrogen and oxygen atoms in total. The van der Waals surface area contributed by atoms with E-state index in [4.69, 9.17) is 4.98 Å². The minimum Gasteiger partial charge on any atom is -0.327 e. The minimum atomic E-state index is -0.299. The number of para-hydroxylation sites is 1. The van der Waals surface area contributed by atoms with E-state index in [1.165, 1.54) is 0 Å². The number of nitrogens with one attached hydrogen (secondary N) is 2. The van der Waals surface area contributed by atoms with Crippen molar-refractivity contribution in [2.75, 3.05) is 0 Å². The maximum absolute atomic E-state index is 12.6. The van der Waals surface area contributed by atoms with Crippen LogP contribution in [-0.2, 0) is 0 Å². The standard InChI is InChI=1S/C23H16BrN3OS/c24-16-12-10-15(11-13-16)21-19(22-25-17-8-4-5-9-18(17)29-22)20(26-23(28)27-21)14-6-2-1-3-7-14/h1-13,21H,(H2,26,27,28)/t21-/m0/s1. The van der Waals surface area contributed by atoms with Crippen LogP contribution in [0.25, 0.3) is 21.5 Å². The summed E-state index contributed by atoms with van der Waals surface area (Å²) in [6, 6.07) is 25.5. The molecule has 1 aliphatic rings. The van der Waals surface area contributed by atoms with E-state index in [9.17, 15) is 4.79 Å². The van der Waals surface area contributed by atoms with Gasteiger partial charge in [-0.05, 0) is 35.4 Å². The number of amides is 2. The molecule has 1 aliphatic heterocycles. The molecule has 0 bridgehead atoms. The van der Waals surface area contributed by atoms with Crippen LogP contribution in [0.4, 0.5) is 4.79 Å². The van der Waals surface area contributed by atoms with Gasteiger partial charge in [-0.2, -0.15) is 0 Å². The Kier molecular flexibility index (Phi) is 4.66. The Morgan fingerprint density at radius 2 is 1.62 bits per heavy atom. The van der Waals surface area contributed by atoms with Crippen molar-refractivity contribution < 1.29 is 4.79 Å². The number of fused-ring (bicyclic) bond motifs is 1. The molecule has 0 radical (unpaired) electrons. The predicted octanol–water partition coefficient (Wildman–Crippen LogP) is 5.98. The summed E-state index contributed by atoms with van der Waals surface area (Å²) in [4.78, 5) is 17.5. The number of aromatic nitrogens is 1. The molecule has 0 spiro atoms. The summed E-state index contributed by atoms with van der Waals surface area (Å²) >= 11 is 5.13. The average Bonchev–Trinajstić information content (AvgIpc) is 3.18. The van der Waals surface area contributed by atoms with Crippen LogP contribution in [0.3, 0.4) is 0 Å². The Labute approximate surface area is 180 Å². The lowest BCUT2D eigenvalue weighted by Gasteiger charge is -2.30. The van der Waals surface area contributed by atoms with Gasteiger partial charge in [0.15, 0.2) is 0 Å². The number of hydrogen-bond donors (Lipinski definition) is 2. The molecule has 1 aromatic heterocycles. The van der Waals surface area contributed by atoms with Crippen molar-refractivity contribution in [1.29, 1.82) is 0 Å². The Hall–Kier alpha value is -2.96. The number of nitrogens with zero attached hydrogens (tertiary/aromatic N) is 1. The first-order chi connectivity index (χ1) is 14.2. The van der Waals surface area contributed by atoms with Gasteiger partial charge in [0.1, 0.15) is 5.01 Å². The zero-order valence-electron chi connectivity index (χ0n) is 15.2. The average molecular weight is 462 g/mol. The lowest BCUT2D eigenvalue weighted by Crippen LogP contribution is -2.42. The molecule has 0 fully saturated rings. The first-order valence-electron chi connectivity index (χ1n) is 9.17.